The van der Waals surface area contributed by atoms with E-state index in [9.17, 15) is 4.79 Å². The van der Waals surface area contributed by atoms with Crippen LogP contribution in [0.4, 0.5) is 0 Å². The highest BCUT2D eigenvalue weighted by atomic mass is 16.5. The van der Waals surface area contributed by atoms with Crippen LogP contribution in [0.1, 0.15) is 34.3 Å². The number of carbonyl (C=O) groups is 1. The van der Waals surface area contributed by atoms with E-state index in [1.807, 2.05) is 66.1 Å². The predicted molar refractivity (Wildman–Crippen MR) is 114 cm³/mol. The van der Waals surface area contributed by atoms with E-state index in [0.717, 1.165) is 41.0 Å². The van der Waals surface area contributed by atoms with Crippen LogP contribution >= 0.6 is 0 Å². The molecule has 5 rings (SSSR count). The average molecular weight is 403 g/mol. The van der Waals surface area contributed by atoms with Crippen molar-refractivity contribution in [2.75, 3.05) is 20.2 Å². The molecule has 1 fully saturated rings. The number of para-hydroxylation sites is 2. The van der Waals surface area contributed by atoms with Crippen molar-refractivity contribution in [3.63, 3.8) is 0 Å². The minimum atomic E-state index is -0.453. The van der Waals surface area contributed by atoms with Gasteiger partial charge in [-0.2, -0.15) is 5.10 Å². The molecule has 0 bridgehead atoms. The van der Waals surface area contributed by atoms with Crippen LogP contribution in [0.15, 0.2) is 48.7 Å². The van der Waals surface area contributed by atoms with Gasteiger partial charge in [0.05, 0.1) is 24.6 Å². The van der Waals surface area contributed by atoms with Gasteiger partial charge in [0.15, 0.2) is 0 Å². The molecular weight excluding hydrogens is 378 g/mol. The van der Waals surface area contributed by atoms with Crippen molar-refractivity contribution in [2.45, 2.75) is 25.4 Å². The number of hydrogen-bond acceptors (Lipinski definition) is 4. The van der Waals surface area contributed by atoms with Crippen molar-refractivity contribution in [3.05, 3.63) is 65.4 Å². The summed E-state index contributed by atoms with van der Waals surface area (Å²) in [7, 11) is 3.58. The lowest BCUT2D eigenvalue weighted by atomic mass is 9.81. The van der Waals surface area contributed by atoms with Gasteiger partial charge < -0.3 is 14.4 Å². The smallest absolute Gasteiger partial charge is 0.257 e. The SMILES string of the molecule is COc1c(C)cccc1C(=O)N1CCC2(CC1)Oc1ccccc1-c1c2cnn1C. The minimum Gasteiger partial charge on any atom is -0.496 e. The number of aromatic nitrogens is 2. The standard InChI is InChI=1S/C24H25N3O3/c1-16-7-6-9-18(22(16)29-3)23(28)27-13-11-24(12-14-27)19-15-25-26(2)21(19)17-8-4-5-10-20(17)30-24/h4-10,15H,11-14H2,1-3H3. The number of amides is 1. The number of methoxy groups -OCH3 is 1. The van der Waals surface area contributed by atoms with Gasteiger partial charge in [-0.15, -0.1) is 0 Å². The fourth-order valence-electron chi connectivity index (χ4n) is 4.81. The molecule has 3 aromatic rings. The predicted octanol–water partition coefficient (Wildman–Crippen LogP) is 3.93. The molecule has 0 N–H and O–H groups in total. The van der Waals surface area contributed by atoms with Gasteiger partial charge in [-0.05, 0) is 30.7 Å². The number of aryl methyl sites for hydroxylation is 2. The second-order valence-corrected chi connectivity index (χ2v) is 8.07. The van der Waals surface area contributed by atoms with E-state index < -0.39 is 5.60 Å². The summed E-state index contributed by atoms with van der Waals surface area (Å²) in [6, 6.07) is 13.8. The van der Waals surface area contributed by atoms with Crippen molar-refractivity contribution in [1.29, 1.82) is 0 Å². The van der Waals surface area contributed by atoms with E-state index in [-0.39, 0.29) is 5.91 Å². The number of benzene rings is 2. The number of hydrogen-bond donors (Lipinski definition) is 0. The van der Waals surface area contributed by atoms with Crippen LogP contribution < -0.4 is 9.47 Å². The Labute approximate surface area is 176 Å². The zero-order valence-corrected chi connectivity index (χ0v) is 17.5. The minimum absolute atomic E-state index is 0.00743. The lowest BCUT2D eigenvalue weighted by molar-refractivity contribution is -0.00180. The zero-order chi connectivity index (χ0) is 20.9. The Balaban J connectivity index is 1.44. The molecular formula is C24H25N3O3. The zero-order valence-electron chi connectivity index (χ0n) is 17.5. The number of likely N-dealkylation sites (tertiary alicyclic amines) is 1. The Morgan fingerprint density at radius 1 is 1.13 bits per heavy atom. The highest BCUT2D eigenvalue weighted by Crippen LogP contribution is 2.49. The number of fused-ring (bicyclic) bond motifs is 4. The summed E-state index contributed by atoms with van der Waals surface area (Å²) in [5, 5.41) is 4.52. The first kappa shape index (κ1) is 18.7. The maximum absolute atomic E-state index is 13.2. The molecule has 0 aliphatic carbocycles. The number of carbonyl (C=O) groups excluding carboxylic acids is 1. The molecule has 2 aliphatic rings. The Morgan fingerprint density at radius 3 is 2.67 bits per heavy atom. The lowest BCUT2D eigenvalue weighted by Gasteiger charge is -2.44. The highest BCUT2D eigenvalue weighted by Gasteiger charge is 2.46. The summed E-state index contributed by atoms with van der Waals surface area (Å²) in [6.07, 6.45) is 3.37. The van der Waals surface area contributed by atoms with Gasteiger partial charge in [0.25, 0.3) is 5.91 Å². The van der Waals surface area contributed by atoms with Crippen LogP contribution in [0.25, 0.3) is 11.3 Å². The van der Waals surface area contributed by atoms with Crippen molar-refractivity contribution in [1.82, 2.24) is 14.7 Å². The maximum Gasteiger partial charge on any atom is 0.257 e. The van der Waals surface area contributed by atoms with Crippen LogP contribution in [-0.2, 0) is 12.6 Å². The molecule has 1 amide bonds. The topological polar surface area (TPSA) is 56.6 Å². The first-order chi connectivity index (χ1) is 14.5. The van der Waals surface area contributed by atoms with E-state index in [4.69, 9.17) is 9.47 Å². The molecule has 0 radical (unpaired) electrons. The molecule has 2 aliphatic heterocycles. The molecule has 154 valence electrons. The van der Waals surface area contributed by atoms with Crippen LogP contribution in [0.2, 0.25) is 0 Å². The second-order valence-electron chi connectivity index (χ2n) is 8.07. The van der Waals surface area contributed by atoms with Crippen molar-refractivity contribution >= 4 is 5.91 Å². The molecule has 6 nitrogen and oxygen atoms in total. The molecule has 1 saturated heterocycles. The highest BCUT2D eigenvalue weighted by molar-refractivity contribution is 5.97. The van der Waals surface area contributed by atoms with Crippen molar-refractivity contribution < 1.29 is 14.3 Å². The summed E-state index contributed by atoms with van der Waals surface area (Å²) < 4.78 is 14.0. The van der Waals surface area contributed by atoms with Gasteiger partial charge in [0, 0.05) is 44.1 Å². The molecule has 1 aromatic heterocycles. The van der Waals surface area contributed by atoms with Crippen LogP contribution in [-0.4, -0.2) is 40.8 Å². The lowest BCUT2D eigenvalue weighted by Crippen LogP contribution is -2.49. The molecule has 2 aromatic carbocycles. The van der Waals surface area contributed by atoms with E-state index in [1.54, 1.807) is 7.11 Å². The number of piperidine rings is 1. The molecule has 3 heterocycles. The van der Waals surface area contributed by atoms with Crippen LogP contribution in [0.5, 0.6) is 11.5 Å². The number of rotatable bonds is 2. The Hall–Kier alpha value is -3.28. The summed E-state index contributed by atoms with van der Waals surface area (Å²) in [5.74, 6) is 1.54. The van der Waals surface area contributed by atoms with Gasteiger partial charge in [0.1, 0.15) is 17.1 Å². The van der Waals surface area contributed by atoms with Crippen LogP contribution in [0, 0.1) is 6.92 Å². The third kappa shape index (κ3) is 2.70. The van der Waals surface area contributed by atoms with E-state index in [2.05, 4.69) is 11.2 Å². The fraction of sp³-hybridized carbons (Fsp3) is 0.333. The van der Waals surface area contributed by atoms with E-state index in [1.165, 1.54) is 0 Å². The summed E-state index contributed by atoms with van der Waals surface area (Å²) in [5.41, 5.74) is 4.42. The third-order valence-electron chi connectivity index (χ3n) is 6.38. The molecule has 6 heteroatoms. The molecule has 30 heavy (non-hydrogen) atoms. The normalized spacial score (nSPS) is 16.6. The van der Waals surface area contributed by atoms with Gasteiger partial charge >= 0.3 is 0 Å². The van der Waals surface area contributed by atoms with E-state index >= 15 is 0 Å². The van der Waals surface area contributed by atoms with Crippen LogP contribution in [0.3, 0.4) is 0 Å². The van der Waals surface area contributed by atoms with Crippen molar-refractivity contribution in [3.8, 4) is 22.8 Å². The quantitative estimate of drug-likeness (QED) is 0.651. The van der Waals surface area contributed by atoms with Gasteiger partial charge in [-0.3, -0.25) is 9.48 Å². The number of nitrogens with zero attached hydrogens (tertiary/aromatic N) is 3. The van der Waals surface area contributed by atoms with Gasteiger partial charge in [0.2, 0.25) is 0 Å². The van der Waals surface area contributed by atoms with Gasteiger partial charge in [-0.1, -0.05) is 24.3 Å². The first-order valence-corrected chi connectivity index (χ1v) is 10.3. The first-order valence-electron chi connectivity index (χ1n) is 10.3. The largest absolute Gasteiger partial charge is 0.496 e. The Morgan fingerprint density at radius 2 is 1.90 bits per heavy atom. The molecule has 1 spiro atoms. The Bertz CT molecular complexity index is 1130. The Kier molecular flexibility index (Phi) is 4.31. The molecule has 0 atom stereocenters. The summed E-state index contributed by atoms with van der Waals surface area (Å²) in [4.78, 5) is 15.1. The summed E-state index contributed by atoms with van der Waals surface area (Å²) in [6.45, 7) is 3.19. The van der Waals surface area contributed by atoms with Gasteiger partial charge in [-0.25, -0.2) is 0 Å². The third-order valence-corrected chi connectivity index (χ3v) is 6.38. The molecule has 0 unspecified atom stereocenters. The monoisotopic (exact) mass is 403 g/mol. The van der Waals surface area contributed by atoms with Crippen molar-refractivity contribution in [2.24, 2.45) is 7.05 Å². The average Bonchev–Trinajstić information content (AvgIpc) is 3.17. The maximum atomic E-state index is 13.2. The number of ether oxygens (including phenoxy) is 2. The van der Waals surface area contributed by atoms with E-state index in [0.29, 0.717) is 24.4 Å². The fourth-order valence-corrected chi connectivity index (χ4v) is 4.81. The summed E-state index contributed by atoms with van der Waals surface area (Å²) >= 11 is 0. The molecule has 0 saturated carbocycles. The second kappa shape index (κ2) is 6.90.